The quantitative estimate of drug-likeness (QED) is 0.708. The van der Waals surface area contributed by atoms with Crippen LogP contribution in [-0.2, 0) is 0 Å². The van der Waals surface area contributed by atoms with Gasteiger partial charge in [-0.3, -0.25) is 0 Å². The molecule has 110 valence electrons. The van der Waals surface area contributed by atoms with Gasteiger partial charge in [-0.05, 0) is 53.0 Å². The first kappa shape index (κ1) is 17.9. The lowest BCUT2D eigenvalue weighted by Gasteiger charge is -2.39. The molecule has 0 aromatic carbocycles. The maximum atomic E-state index is 3.69. The van der Waals surface area contributed by atoms with Crippen molar-refractivity contribution in [2.75, 3.05) is 19.6 Å². The average Bonchev–Trinajstić information content (AvgIpc) is 2.22. The van der Waals surface area contributed by atoms with E-state index in [9.17, 15) is 0 Å². The Morgan fingerprint density at radius 2 is 1.61 bits per heavy atom. The van der Waals surface area contributed by atoms with Crippen molar-refractivity contribution < 1.29 is 0 Å². The van der Waals surface area contributed by atoms with Crippen LogP contribution in [0.25, 0.3) is 0 Å². The van der Waals surface area contributed by atoms with Gasteiger partial charge in [0.1, 0.15) is 0 Å². The smallest absolute Gasteiger partial charge is 0.00967 e. The molecular formula is C16H36N2. The molecule has 0 aromatic heterocycles. The van der Waals surface area contributed by atoms with Gasteiger partial charge >= 0.3 is 0 Å². The standard InChI is InChI=1S/C16H36N2/c1-9-11-16(8,12-17-15(5,6)7)13-18(10-2)14(3)4/h14,17H,9-13H2,1-8H3. The van der Waals surface area contributed by atoms with E-state index < -0.39 is 0 Å². The van der Waals surface area contributed by atoms with Gasteiger partial charge in [0.05, 0.1) is 0 Å². The highest BCUT2D eigenvalue weighted by Crippen LogP contribution is 2.25. The summed E-state index contributed by atoms with van der Waals surface area (Å²) in [4.78, 5) is 2.58. The maximum Gasteiger partial charge on any atom is 0.00967 e. The van der Waals surface area contributed by atoms with Gasteiger partial charge in [0.2, 0.25) is 0 Å². The van der Waals surface area contributed by atoms with Crippen LogP contribution in [0.2, 0.25) is 0 Å². The molecule has 2 heteroatoms. The Kier molecular flexibility index (Phi) is 7.46. The number of nitrogens with one attached hydrogen (secondary N) is 1. The van der Waals surface area contributed by atoms with Crippen LogP contribution in [0.4, 0.5) is 0 Å². The molecular weight excluding hydrogens is 220 g/mol. The van der Waals surface area contributed by atoms with Crippen molar-refractivity contribution in [3.8, 4) is 0 Å². The minimum atomic E-state index is 0.212. The van der Waals surface area contributed by atoms with Crippen LogP contribution in [0, 0.1) is 5.41 Å². The predicted molar refractivity (Wildman–Crippen MR) is 83.2 cm³/mol. The Bertz CT molecular complexity index is 218. The minimum Gasteiger partial charge on any atom is -0.311 e. The van der Waals surface area contributed by atoms with Crippen LogP contribution in [-0.4, -0.2) is 36.1 Å². The van der Waals surface area contributed by atoms with Gasteiger partial charge in [-0.15, -0.1) is 0 Å². The van der Waals surface area contributed by atoms with Crippen molar-refractivity contribution in [2.45, 2.75) is 79.8 Å². The summed E-state index contributed by atoms with van der Waals surface area (Å²) >= 11 is 0. The van der Waals surface area contributed by atoms with E-state index in [1.54, 1.807) is 0 Å². The summed E-state index contributed by atoms with van der Waals surface area (Å²) < 4.78 is 0. The molecule has 0 saturated carbocycles. The zero-order chi connectivity index (χ0) is 14.4. The summed E-state index contributed by atoms with van der Waals surface area (Å²) in [5.41, 5.74) is 0.589. The monoisotopic (exact) mass is 256 g/mol. The lowest BCUT2D eigenvalue weighted by Crippen LogP contribution is -2.48. The molecule has 0 amide bonds. The second-order valence-electron chi connectivity index (χ2n) is 7.32. The zero-order valence-electron chi connectivity index (χ0n) is 14.1. The highest BCUT2D eigenvalue weighted by molar-refractivity contribution is 4.84. The van der Waals surface area contributed by atoms with Gasteiger partial charge in [-0.25, -0.2) is 0 Å². The average molecular weight is 256 g/mol. The Labute approximate surface area is 116 Å². The Morgan fingerprint density at radius 3 is 1.94 bits per heavy atom. The highest BCUT2D eigenvalue weighted by atomic mass is 15.2. The summed E-state index contributed by atoms with van der Waals surface area (Å²) in [5, 5.41) is 3.69. The molecule has 0 aliphatic carbocycles. The normalized spacial score (nSPS) is 16.3. The lowest BCUT2D eigenvalue weighted by molar-refractivity contribution is 0.121. The predicted octanol–water partition coefficient (Wildman–Crippen LogP) is 3.91. The van der Waals surface area contributed by atoms with Gasteiger partial charge in [0.15, 0.2) is 0 Å². The maximum absolute atomic E-state index is 3.69. The largest absolute Gasteiger partial charge is 0.311 e. The van der Waals surface area contributed by atoms with Gasteiger partial charge in [-0.1, -0.05) is 27.2 Å². The number of hydrogen-bond acceptors (Lipinski definition) is 2. The molecule has 2 nitrogen and oxygen atoms in total. The molecule has 0 radical (unpaired) electrons. The third-order valence-electron chi connectivity index (χ3n) is 3.62. The number of nitrogens with zero attached hydrogens (tertiary/aromatic N) is 1. The van der Waals surface area contributed by atoms with E-state index in [-0.39, 0.29) is 5.54 Å². The first-order chi connectivity index (χ1) is 8.13. The van der Waals surface area contributed by atoms with E-state index >= 15 is 0 Å². The van der Waals surface area contributed by atoms with Gasteiger partial charge in [0, 0.05) is 24.7 Å². The molecule has 0 bridgehead atoms. The number of hydrogen-bond donors (Lipinski definition) is 1. The van der Waals surface area contributed by atoms with E-state index in [0.717, 1.165) is 13.1 Å². The molecule has 0 aromatic rings. The number of rotatable bonds is 8. The van der Waals surface area contributed by atoms with Crippen LogP contribution in [0.1, 0.15) is 68.2 Å². The minimum absolute atomic E-state index is 0.212. The molecule has 0 saturated heterocycles. The third-order valence-corrected chi connectivity index (χ3v) is 3.62. The Hall–Kier alpha value is -0.0800. The second kappa shape index (κ2) is 7.49. The molecule has 0 fully saturated rings. The van der Waals surface area contributed by atoms with Gasteiger partial charge in [0.25, 0.3) is 0 Å². The fourth-order valence-electron chi connectivity index (χ4n) is 2.46. The van der Waals surface area contributed by atoms with Crippen LogP contribution < -0.4 is 5.32 Å². The SMILES string of the molecule is CCCC(C)(CNC(C)(C)C)CN(CC)C(C)C. The van der Waals surface area contributed by atoms with Crippen molar-refractivity contribution in [3.63, 3.8) is 0 Å². The van der Waals surface area contributed by atoms with E-state index in [4.69, 9.17) is 0 Å². The fourth-order valence-corrected chi connectivity index (χ4v) is 2.46. The fraction of sp³-hybridized carbons (Fsp3) is 1.00. The van der Waals surface area contributed by atoms with Crippen molar-refractivity contribution >= 4 is 0 Å². The van der Waals surface area contributed by atoms with Crippen LogP contribution >= 0.6 is 0 Å². The Morgan fingerprint density at radius 1 is 1.06 bits per heavy atom. The molecule has 1 unspecified atom stereocenters. The summed E-state index contributed by atoms with van der Waals surface area (Å²) in [6.07, 6.45) is 2.55. The highest BCUT2D eigenvalue weighted by Gasteiger charge is 2.28. The molecule has 0 aliphatic rings. The first-order valence-corrected chi connectivity index (χ1v) is 7.62. The van der Waals surface area contributed by atoms with Crippen molar-refractivity contribution in [1.29, 1.82) is 0 Å². The summed E-state index contributed by atoms with van der Waals surface area (Å²) in [5.74, 6) is 0. The molecule has 0 spiro atoms. The van der Waals surface area contributed by atoms with Crippen LogP contribution in [0.15, 0.2) is 0 Å². The van der Waals surface area contributed by atoms with Crippen molar-refractivity contribution in [2.24, 2.45) is 5.41 Å². The molecule has 0 rings (SSSR count). The lowest BCUT2D eigenvalue weighted by atomic mass is 9.83. The van der Waals surface area contributed by atoms with E-state index in [1.165, 1.54) is 19.4 Å². The van der Waals surface area contributed by atoms with Crippen molar-refractivity contribution in [1.82, 2.24) is 10.2 Å². The van der Waals surface area contributed by atoms with E-state index in [0.29, 0.717) is 11.5 Å². The zero-order valence-corrected chi connectivity index (χ0v) is 14.1. The molecule has 0 heterocycles. The van der Waals surface area contributed by atoms with Crippen molar-refractivity contribution in [3.05, 3.63) is 0 Å². The topological polar surface area (TPSA) is 15.3 Å². The molecule has 1 atom stereocenters. The molecule has 1 N–H and O–H groups in total. The van der Waals surface area contributed by atoms with Gasteiger partial charge < -0.3 is 10.2 Å². The summed E-state index contributed by atoms with van der Waals surface area (Å²) in [6, 6.07) is 0.640. The summed E-state index contributed by atoms with van der Waals surface area (Å²) in [6.45, 7) is 21.8. The first-order valence-electron chi connectivity index (χ1n) is 7.62. The van der Waals surface area contributed by atoms with Gasteiger partial charge in [-0.2, -0.15) is 0 Å². The van der Waals surface area contributed by atoms with Crippen LogP contribution in [0.3, 0.4) is 0 Å². The van der Waals surface area contributed by atoms with E-state index in [1.807, 2.05) is 0 Å². The molecule has 18 heavy (non-hydrogen) atoms. The summed E-state index contributed by atoms with van der Waals surface area (Å²) in [7, 11) is 0. The second-order valence-corrected chi connectivity index (χ2v) is 7.32. The third kappa shape index (κ3) is 7.38. The van der Waals surface area contributed by atoms with Crippen LogP contribution in [0.5, 0.6) is 0 Å². The molecule has 0 aliphatic heterocycles. The Balaban J connectivity index is 4.59. The van der Waals surface area contributed by atoms with E-state index in [2.05, 4.69) is 65.6 Å².